The first-order valence-electron chi connectivity index (χ1n) is 8.13. The number of carbonyl (C=O) groups is 2. The molecule has 2 amide bonds. The SMILES string of the molecule is CC(C)NC(=O)c1ccc(C(=O)NCc2ccc(CC#N)cc2)cc1. The Balaban J connectivity index is 1.92. The summed E-state index contributed by atoms with van der Waals surface area (Å²) in [7, 11) is 0. The number of nitrogens with one attached hydrogen (secondary N) is 2. The van der Waals surface area contributed by atoms with Gasteiger partial charge in [0.15, 0.2) is 0 Å². The molecule has 2 aromatic carbocycles. The molecule has 0 atom stereocenters. The molecule has 0 saturated carbocycles. The maximum absolute atomic E-state index is 12.2. The summed E-state index contributed by atoms with van der Waals surface area (Å²) in [6.07, 6.45) is 0.378. The zero-order valence-electron chi connectivity index (χ0n) is 14.4. The lowest BCUT2D eigenvalue weighted by molar-refractivity contribution is 0.0934. The Kier molecular flexibility index (Phi) is 6.30. The summed E-state index contributed by atoms with van der Waals surface area (Å²) >= 11 is 0. The van der Waals surface area contributed by atoms with Gasteiger partial charge in [-0.15, -0.1) is 0 Å². The van der Waals surface area contributed by atoms with Crippen LogP contribution in [0.3, 0.4) is 0 Å². The number of hydrogen-bond donors (Lipinski definition) is 2. The van der Waals surface area contributed by atoms with Crippen LogP contribution >= 0.6 is 0 Å². The molecule has 0 heterocycles. The molecule has 0 unspecified atom stereocenters. The minimum Gasteiger partial charge on any atom is -0.350 e. The number of benzene rings is 2. The third-order valence-electron chi connectivity index (χ3n) is 3.59. The smallest absolute Gasteiger partial charge is 0.251 e. The fourth-order valence-electron chi connectivity index (χ4n) is 2.27. The summed E-state index contributed by atoms with van der Waals surface area (Å²) in [5.41, 5.74) is 2.94. The molecule has 5 nitrogen and oxygen atoms in total. The van der Waals surface area contributed by atoms with E-state index in [0.29, 0.717) is 24.1 Å². The lowest BCUT2D eigenvalue weighted by Crippen LogP contribution is -2.30. The van der Waals surface area contributed by atoms with Gasteiger partial charge in [0.25, 0.3) is 11.8 Å². The molecule has 2 N–H and O–H groups in total. The lowest BCUT2D eigenvalue weighted by Gasteiger charge is -2.09. The summed E-state index contributed by atoms with van der Waals surface area (Å²) in [4.78, 5) is 24.1. The van der Waals surface area contributed by atoms with Crippen LogP contribution in [0.25, 0.3) is 0 Å². The van der Waals surface area contributed by atoms with Crippen LogP contribution in [0.4, 0.5) is 0 Å². The topological polar surface area (TPSA) is 82.0 Å². The van der Waals surface area contributed by atoms with Crippen LogP contribution in [0.5, 0.6) is 0 Å². The lowest BCUT2D eigenvalue weighted by atomic mass is 10.1. The third-order valence-corrected chi connectivity index (χ3v) is 3.59. The van der Waals surface area contributed by atoms with Crippen molar-refractivity contribution in [2.45, 2.75) is 32.9 Å². The standard InChI is InChI=1S/C20H21N3O2/c1-14(2)23-20(25)18-9-7-17(8-10-18)19(24)22-13-16-5-3-15(4-6-16)11-12-21/h3-10,14H,11,13H2,1-2H3,(H,22,24)(H,23,25). The Labute approximate surface area is 147 Å². The van der Waals surface area contributed by atoms with Gasteiger partial charge >= 0.3 is 0 Å². The third kappa shape index (κ3) is 5.47. The Hall–Kier alpha value is -3.13. The fourth-order valence-corrected chi connectivity index (χ4v) is 2.27. The molecular formula is C20H21N3O2. The molecule has 0 aliphatic heterocycles. The number of rotatable bonds is 6. The van der Waals surface area contributed by atoms with Crippen LogP contribution in [0.15, 0.2) is 48.5 Å². The van der Waals surface area contributed by atoms with Gasteiger partial charge in [0.1, 0.15) is 0 Å². The van der Waals surface area contributed by atoms with Crippen molar-refractivity contribution >= 4 is 11.8 Å². The number of carbonyl (C=O) groups excluding carboxylic acids is 2. The first-order valence-corrected chi connectivity index (χ1v) is 8.13. The second-order valence-corrected chi connectivity index (χ2v) is 6.04. The van der Waals surface area contributed by atoms with Crippen molar-refractivity contribution < 1.29 is 9.59 Å². The van der Waals surface area contributed by atoms with Crippen LogP contribution in [-0.2, 0) is 13.0 Å². The maximum atomic E-state index is 12.2. The zero-order valence-corrected chi connectivity index (χ0v) is 14.4. The predicted octanol–water partition coefficient (Wildman–Crippen LogP) is 2.82. The minimum atomic E-state index is -0.197. The van der Waals surface area contributed by atoms with Gasteiger partial charge in [-0.05, 0) is 49.2 Å². The molecule has 0 fully saturated rings. The van der Waals surface area contributed by atoms with E-state index in [1.54, 1.807) is 24.3 Å². The summed E-state index contributed by atoms with van der Waals surface area (Å²) in [5.74, 6) is -0.351. The van der Waals surface area contributed by atoms with E-state index in [0.717, 1.165) is 11.1 Å². The molecule has 0 aliphatic rings. The Morgan fingerprint density at radius 2 is 1.44 bits per heavy atom. The highest BCUT2D eigenvalue weighted by Crippen LogP contribution is 2.07. The van der Waals surface area contributed by atoms with Gasteiger partial charge < -0.3 is 10.6 Å². The van der Waals surface area contributed by atoms with E-state index in [-0.39, 0.29) is 17.9 Å². The van der Waals surface area contributed by atoms with Gasteiger partial charge in [0.2, 0.25) is 0 Å². The van der Waals surface area contributed by atoms with Gasteiger partial charge in [-0.2, -0.15) is 5.26 Å². The van der Waals surface area contributed by atoms with E-state index in [1.165, 1.54) is 0 Å². The van der Waals surface area contributed by atoms with Crippen LogP contribution in [0, 0.1) is 11.3 Å². The monoisotopic (exact) mass is 335 g/mol. The predicted molar refractivity (Wildman–Crippen MR) is 96.0 cm³/mol. The number of nitriles is 1. The van der Waals surface area contributed by atoms with E-state index in [1.807, 2.05) is 38.1 Å². The van der Waals surface area contributed by atoms with Crippen molar-refractivity contribution in [3.05, 3.63) is 70.8 Å². The Morgan fingerprint density at radius 3 is 1.96 bits per heavy atom. The molecule has 2 rings (SSSR count). The Bertz CT molecular complexity index is 772. The molecule has 5 heteroatoms. The molecule has 0 bridgehead atoms. The molecule has 0 saturated heterocycles. The van der Waals surface area contributed by atoms with E-state index >= 15 is 0 Å². The first-order chi connectivity index (χ1) is 12.0. The fraction of sp³-hybridized carbons (Fsp3) is 0.250. The number of nitrogens with zero attached hydrogens (tertiary/aromatic N) is 1. The summed E-state index contributed by atoms with van der Waals surface area (Å²) in [6, 6.07) is 16.3. The van der Waals surface area contributed by atoms with Crippen LogP contribution in [0.2, 0.25) is 0 Å². The quantitative estimate of drug-likeness (QED) is 0.851. The molecule has 25 heavy (non-hydrogen) atoms. The highest BCUT2D eigenvalue weighted by molar-refractivity contribution is 5.97. The van der Waals surface area contributed by atoms with Gasteiger partial charge in [-0.25, -0.2) is 0 Å². The zero-order chi connectivity index (χ0) is 18.2. The van der Waals surface area contributed by atoms with Crippen molar-refractivity contribution in [1.29, 1.82) is 5.26 Å². The van der Waals surface area contributed by atoms with Crippen LogP contribution in [-0.4, -0.2) is 17.9 Å². The van der Waals surface area contributed by atoms with Gasteiger partial charge in [0, 0.05) is 23.7 Å². The summed E-state index contributed by atoms with van der Waals surface area (Å²) in [5, 5.41) is 14.3. The normalized spacial score (nSPS) is 10.2. The van der Waals surface area contributed by atoms with Crippen molar-refractivity contribution in [2.75, 3.05) is 0 Å². The first kappa shape index (κ1) is 18.2. The minimum absolute atomic E-state index is 0.0648. The van der Waals surface area contributed by atoms with E-state index in [2.05, 4.69) is 16.7 Å². The highest BCUT2D eigenvalue weighted by atomic mass is 16.2. The largest absolute Gasteiger partial charge is 0.350 e. The van der Waals surface area contributed by atoms with E-state index < -0.39 is 0 Å². The highest BCUT2D eigenvalue weighted by Gasteiger charge is 2.09. The van der Waals surface area contributed by atoms with Gasteiger partial charge in [0.05, 0.1) is 12.5 Å². The van der Waals surface area contributed by atoms with E-state index in [4.69, 9.17) is 5.26 Å². The molecule has 128 valence electrons. The van der Waals surface area contributed by atoms with E-state index in [9.17, 15) is 9.59 Å². The summed E-state index contributed by atoms with van der Waals surface area (Å²) in [6.45, 7) is 4.19. The molecule has 0 spiro atoms. The van der Waals surface area contributed by atoms with Gasteiger partial charge in [-0.1, -0.05) is 24.3 Å². The molecular weight excluding hydrogens is 314 g/mol. The average molecular weight is 335 g/mol. The summed E-state index contributed by atoms with van der Waals surface area (Å²) < 4.78 is 0. The van der Waals surface area contributed by atoms with Crippen LogP contribution in [0.1, 0.15) is 45.7 Å². The number of hydrogen-bond acceptors (Lipinski definition) is 3. The second-order valence-electron chi connectivity index (χ2n) is 6.04. The van der Waals surface area contributed by atoms with Crippen molar-refractivity contribution in [2.24, 2.45) is 0 Å². The molecule has 0 aliphatic carbocycles. The molecule has 2 aromatic rings. The van der Waals surface area contributed by atoms with Crippen LogP contribution < -0.4 is 10.6 Å². The van der Waals surface area contributed by atoms with Crippen molar-refractivity contribution in [1.82, 2.24) is 10.6 Å². The molecule has 0 aromatic heterocycles. The second kappa shape index (κ2) is 8.65. The van der Waals surface area contributed by atoms with Crippen molar-refractivity contribution in [3.8, 4) is 6.07 Å². The average Bonchev–Trinajstić information content (AvgIpc) is 2.60. The van der Waals surface area contributed by atoms with Crippen molar-refractivity contribution in [3.63, 3.8) is 0 Å². The maximum Gasteiger partial charge on any atom is 0.251 e. The Morgan fingerprint density at radius 1 is 0.920 bits per heavy atom. The van der Waals surface area contributed by atoms with Gasteiger partial charge in [-0.3, -0.25) is 9.59 Å². The molecule has 0 radical (unpaired) electrons. The number of amides is 2.